The van der Waals surface area contributed by atoms with Crippen LogP contribution in [-0.4, -0.2) is 73.8 Å². The van der Waals surface area contributed by atoms with Crippen LogP contribution in [0.3, 0.4) is 0 Å². The average molecular weight is 545 g/mol. The number of aromatic nitrogens is 1. The lowest BCUT2D eigenvalue weighted by Crippen LogP contribution is -2.61. The molecule has 2 aliphatic heterocycles. The summed E-state index contributed by atoms with van der Waals surface area (Å²) in [5.41, 5.74) is 1.04. The number of rotatable bonds is 6. The molecule has 0 spiro atoms. The number of piperidine rings is 1. The second kappa shape index (κ2) is 10.8. The maximum Gasteiger partial charge on any atom is 0.229 e. The van der Waals surface area contributed by atoms with Crippen LogP contribution >= 0.6 is 23.2 Å². The van der Waals surface area contributed by atoms with Gasteiger partial charge in [0.05, 0.1) is 23.2 Å². The molecule has 2 fully saturated rings. The van der Waals surface area contributed by atoms with Gasteiger partial charge in [0, 0.05) is 48.3 Å². The Kier molecular flexibility index (Phi) is 8.12. The summed E-state index contributed by atoms with van der Waals surface area (Å²) in [5, 5.41) is 0.846. The first-order valence-corrected chi connectivity index (χ1v) is 14.5. The van der Waals surface area contributed by atoms with Gasteiger partial charge in [-0.1, -0.05) is 29.3 Å². The Morgan fingerprint density at radius 3 is 2.46 bits per heavy atom. The molecule has 4 rings (SSSR count). The van der Waals surface area contributed by atoms with E-state index in [1.165, 1.54) is 12.3 Å². The molecule has 3 heterocycles. The molecule has 7 nitrogen and oxygen atoms in total. The monoisotopic (exact) mass is 543 g/mol. The van der Waals surface area contributed by atoms with Crippen LogP contribution in [0.2, 0.25) is 10.0 Å². The highest BCUT2D eigenvalue weighted by Gasteiger charge is 2.36. The van der Waals surface area contributed by atoms with E-state index in [2.05, 4.69) is 38.3 Å². The van der Waals surface area contributed by atoms with E-state index in [1.807, 2.05) is 0 Å². The molecule has 192 valence electrons. The molecule has 11 heteroatoms. The Hall–Kier alpha value is -1.65. The van der Waals surface area contributed by atoms with Crippen molar-refractivity contribution in [2.45, 2.75) is 51.4 Å². The van der Waals surface area contributed by atoms with Crippen molar-refractivity contribution in [2.75, 3.05) is 42.1 Å². The van der Waals surface area contributed by atoms with Crippen LogP contribution in [0.4, 0.5) is 15.9 Å². The van der Waals surface area contributed by atoms with Gasteiger partial charge in [-0.15, -0.1) is 0 Å². The number of halogens is 3. The molecular formula is C24H32Cl2FN5O2S. The minimum atomic E-state index is -3.39. The van der Waals surface area contributed by atoms with E-state index in [1.54, 1.807) is 18.2 Å². The highest BCUT2D eigenvalue weighted by Crippen LogP contribution is 2.32. The lowest BCUT2D eigenvalue weighted by atomic mass is 9.97. The topological polar surface area (TPSA) is 68.8 Å². The first kappa shape index (κ1) is 26.4. The summed E-state index contributed by atoms with van der Waals surface area (Å²) in [6, 6.07) is 7.48. The molecular weight excluding hydrogens is 512 g/mol. The average Bonchev–Trinajstić information content (AvgIpc) is 2.77. The van der Waals surface area contributed by atoms with Crippen LogP contribution < -0.4 is 9.62 Å². The number of nitrogens with one attached hydrogen (secondary N) is 1. The van der Waals surface area contributed by atoms with Crippen LogP contribution in [-0.2, 0) is 16.6 Å². The van der Waals surface area contributed by atoms with Gasteiger partial charge in [0.25, 0.3) is 0 Å². The largest absolute Gasteiger partial charge is 0.350 e. The molecule has 2 aliphatic rings. The van der Waals surface area contributed by atoms with Crippen molar-refractivity contribution in [3.8, 4) is 0 Å². The third-order valence-corrected chi connectivity index (χ3v) is 7.99. The minimum Gasteiger partial charge on any atom is -0.350 e. The molecule has 0 unspecified atom stereocenters. The number of anilines is 2. The number of benzene rings is 1. The van der Waals surface area contributed by atoms with Crippen molar-refractivity contribution >= 4 is 44.7 Å². The summed E-state index contributed by atoms with van der Waals surface area (Å²) >= 11 is 12.4. The maximum atomic E-state index is 14.2. The molecule has 0 bridgehead atoms. The molecule has 0 radical (unpaired) electrons. The fourth-order valence-corrected chi connectivity index (χ4v) is 6.14. The molecule has 35 heavy (non-hydrogen) atoms. The predicted molar refractivity (Wildman–Crippen MR) is 140 cm³/mol. The van der Waals surface area contributed by atoms with Crippen molar-refractivity contribution < 1.29 is 12.8 Å². The van der Waals surface area contributed by atoms with Gasteiger partial charge in [-0.05, 0) is 58.0 Å². The van der Waals surface area contributed by atoms with Crippen molar-refractivity contribution in [1.29, 1.82) is 0 Å². The molecule has 1 N–H and O–H groups in total. The molecule has 0 saturated carbocycles. The lowest BCUT2D eigenvalue weighted by molar-refractivity contribution is 0.0583. The SMILES string of the molecule is C[C@@H]1CN(C2CCN(Cc3ccc(Cl)cc3F)CC2)[C@@H](C)CN1c1ncc(NS(C)(=O)=O)cc1Cl. The van der Waals surface area contributed by atoms with Crippen molar-refractivity contribution in [3.63, 3.8) is 0 Å². The number of hydrogen-bond acceptors (Lipinski definition) is 6. The van der Waals surface area contributed by atoms with Gasteiger partial charge in [0.15, 0.2) is 0 Å². The fourth-order valence-electron chi connectivity index (χ4n) is 5.17. The van der Waals surface area contributed by atoms with Gasteiger partial charge in [-0.2, -0.15) is 0 Å². The highest BCUT2D eigenvalue weighted by molar-refractivity contribution is 7.92. The van der Waals surface area contributed by atoms with E-state index >= 15 is 0 Å². The van der Waals surface area contributed by atoms with E-state index in [0.717, 1.165) is 45.3 Å². The zero-order chi connectivity index (χ0) is 25.3. The van der Waals surface area contributed by atoms with Gasteiger partial charge in [0.2, 0.25) is 10.0 Å². The Morgan fingerprint density at radius 2 is 1.83 bits per heavy atom. The van der Waals surface area contributed by atoms with Crippen LogP contribution in [0.1, 0.15) is 32.3 Å². The van der Waals surface area contributed by atoms with Crippen LogP contribution in [0.25, 0.3) is 0 Å². The summed E-state index contributed by atoms with van der Waals surface area (Å²) in [7, 11) is -3.39. The van der Waals surface area contributed by atoms with Crippen molar-refractivity contribution in [1.82, 2.24) is 14.8 Å². The summed E-state index contributed by atoms with van der Waals surface area (Å²) in [6.07, 6.45) is 4.68. The van der Waals surface area contributed by atoms with E-state index < -0.39 is 10.0 Å². The molecule has 2 aromatic rings. The highest BCUT2D eigenvalue weighted by atomic mass is 35.5. The van der Waals surface area contributed by atoms with E-state index in [-0.39, 0.29) is 11.9 Å². The Balaban J connectivity index is 1.35. The summed E-state index contributed by atoms with van der Waals surface area (Å²) in [6.45, 7) is 8.51. The third-order valence-electron chi connectivity index (χ3n) is 6.87. The zero-order valence-electron chi connectivity index (χ0n) is 20.2. The Bertz CT molecular complexity index is 1160. The third kappa shape index (κ3) is 6.57. The fraction of sp³-hybridized carbons (Fsp3) is 0.542. The van der Waals surface area contributed by atoms with Crippen LogP contribution in [0.5, 0.6) is 0 Å². The molecule has 2 saturated heterocycles. The first-order chi connectivity index (χ1) is 16.5. The number of pyridine rings is 1. The Morgan fingerprint density at radius 1 is 1.11 bits per heavy atom. The van der Waals surface area contributed by atoms with Crippen LogP contribution in [0.15, 0.2) is 30.5 Å². The van der Waals surface area contributed by atoms with Gasteiger partial charge in [0.1, 0.15) is 11.6 Å². The number of sulfonamides is 1. The predicted octanol–water partition coefficient (Wildman–Crippen LogP) is 4.46. The quantitative estimate of drug-likeness (QED) is 0.579. The first-order valence-electron chi connectivity index (χ1n) is 11.8. The van der Waals surface area contributed by atoms with E-state index in [9.17, 15) is 12.8 Å². The smallest absolute Gasteiger partial charge is 0.229 e. The van der Waals surface area contributed by atoms with Crippen LogP contribution in [0, 0.1) is 5.82 Å². The van der Waals surface area contributed by atoms with Gasteiger partial charge in [-0.25, -0.2) is 17.8 Å². The number of piperazine rings is 1. The standard InChI is InChI=1S/C24H32Cl2FN5O2S/c1-16-14-32(24-22(26)11-20(12-28-24)29-35(3,33)34)17(2)13-31(16)21-6-8-30(9-7-21)15-18-4-5-19(25)10-23(18)27/h4-5,10-12,16-17,21,29H,6-9,13-15H2,1-3H3/t16-,17+/m0/s1. The van der Waals surface area contributed by atoms with E-state index in [4.69, 9.17) is 23.2 Å². The summed E-state index contributed by atoms with van der Waals surface area (Å²) < 4.78 is 39.6. The second-order valence-electron chi connectivity index (χ2n) is 9.69. The Labute approximate surface area is 217 Å². The van der Waals surface area contributed by atoms with E-state index in [0.29, 0.717) is 45.7 Å². The molecule has 2 atom stereocenters. The molecule has 0 aliphatic carbocycles. The number of nitrogens with zero attached hydrogens (tertiary/aromatic N) is 4. The summed E-state index contributed by atoms with van der Waals surface area (Å²) in [5.74, 6) is 0.426. The maximum absolute atomic E-state index is 14.2. The molecule has 1 aromatic heterocycles. The normalized spacial score (nSPS) is 23.0. The van der Waals surface area contributed by atoms with Gasteiger partial charge in [-0.3, -0.25) is 14.5 Å². The molecule has 0 amide bonds. The second-order valence-corrected chi connectivity index (χ2v) is 12.3. The number of hydrogen-bond donors (Lipinski definition) is 1. The zero-order valence-corrected chi connectivity index (χ0v) is 22.5. The summed E-state index contributed by atoms with van der Waals surface area (Å²) in [4.78, 5) is 11.6. The molecule has 1 aromatic carbocycles. The van der Waals surface area contributed by atoms with Crippen molar-refractivity contribution in [2.24, 2.45) is 0 Å². The van der Waals surface area contributed by atoms with Crippen molar-refractivity contribution in [3.05, 3.63) is 51.9 Å². The minimum absolute atomic E-state index is 0.200. The number of likely N-dealkylation sites (tertiary alicyclic amines) is 1. The van der Waals surface area contributed by atoms with Gasteiger partial charge < -0.3 is 4.90 Å². The van der Waals surface area contributed by atoms with Gasteiger partial charge >= 0.3 is 0 Å². The lowest BCUT2D eigenvalue weighted by Gasteiger charge is -2.49.